The molecule has 0 atom stereocenters. The maximum absolute atomic E-state index is 5.47. The minimum absolute atomic E-state index is 0. The maximum atomic E-state index is 5.47. The largest absolute Gasteiger partial charge is 2.00 e. The van der Waals surface area contributed by atoms with Gasteiger partial charge in [-0.2, -0.15) is 0 Å². The number of aryl methyl sites for hydroxylation is 2. The Bertz CT molecular complexity index is 2040. The molecule has 8 rings (SSSR count). The molecule has 4 heteroatoms. The van der Waals surface area contributed by atoms with Crippen LogP contribution in [0.25, 0.3) is 22.5 Å². The van der Waals surface area contributed by atoms with Gasteiger partial charge in [-0.25, -0.2) is 0 Å². The first-order valence-electron chi connectivity index (χ1n) is 15.8. The quantitative estimate of drug-likeness (QED) is 0.136. The molecule has 0 unspecified atom stereocenters. The molecule has 47 heavy (non-hydrogen) atoms. The van der Waals surface area contributed by atoms with Crippen molar-refractivity contribution in [1.29, 1.82) is 0 Å². The molecule has 0 bridgehead atoms. The molecule has 2 nitrogen and oxygen atoms in total. The Hall–Kier alpha value is -4.85. The van der Waals surface area contributed by atoms with Gasteiger partial charge in [-0.3, -0.25) is 9.97 Å². The minimum atomic E-state index is -0.782. The zero-order valence-corrected chi connectivity index (χ0v) is 28.5. The molecule has 1 aliphatic rings. The van der Waals surface area contributed by atoms with Gasteiger partial charge in [0.05, 0.1) is 11.4 Å². The SMILES string of the molecule is Cc1cccc(C)c1B1c2ccccc2C(c2cccc(-c3[c-]cccc3)n2)(c2cccc(-c3[c-]cccc3)n2)c2ccccc21.[Pt+2]. The van der Waals surface area contributed by atoms with Crippen molar-refractivity contribution in [2.24, 2.45) is 0 Å². The molecule has 0 aliphatic carbocycles. The Kier molecular flexibility index (Phi) is 8.35. The van der Waals surface area contributed by atoms with Crippen LogP contribution in [0.3, 0.4) is 0 Å². The summed E-state index contributed by atoms with van der Waals surface area (Å²) in [5.74, 6) is 0. The van der Waals surface area contributed by atoms with E-state index in [-0.39, 0.29) is 27.8 Å². The van der Waals surface area contributed by atoms with E-state index in [4.69, 9.17) is 9.97 Å². The van der Waals surface area contributed by atoms with Crippen LogP contribution in [0.1, 0.15) is 33.6 Å². The van der Waals surface area contributed by atoms with Crippen LogP contribution in [0.5, 0.6) is 0 Å². The Morgan fingerprint density at radius 1 is 0.489 bits per heavy atom. The van der Waals surface area contributed by atoms with E-state index in [1.807, 2.05) is 36.4 Å². The van der Waals surface area contributed by atoms with E-state index in [0.29, 0.717) is 0 Å². The second kappa shape index (κ2) is 12.7. The van der Waals surface area contributed by atoms with E-state index in [1.54, 1.807) is 0 Å². The number of aromatic nitrogens is 2. The Labute approximate surface area is 292 Å². The fourth-order valence-corrected chi connectivity index (χ4v) is 7.46. The van der Waals surface area contributed by atoms with Crippen LogP contribution >= 0.6 is 0 Å². The summed E-state index contributed by atoms with van der Waals surface area (Å²) in [4.78, 5) is 10.9. The van der Waals surface area contributed by atoms with Crippen molar-refractivity contribution in [1.82, 2.24) is 9.97 Å². The number of rotatable bonds is 5. The zero-order chi connectivity index (χ0) is 31.1. The maximum Gasteiger partial charge on any atom is 2.00 e. The van der Waals surface area contributed by atoms with Crippen LogP contribution in [0.4, 0.5) is 0 Å². The molecule has 5 aromatic carbocycles. The second-order valence-corrected chi connectivity index (χ2v) is 12.0. The van der Waals surface area contributed by atoms with E-state index in [2.05, 4.69) is 141 Å². The summed E-state index contributed by atoms with van der Waals surface area (Å²) in [6.45, 7) is 4.54. The van der Waals surface area contributed by atoms with Gasteiger partial charge in [0.25, 0.3) is 0 Å². The Morgan fingerprint density at radius 2 is 0.936 bits per heavy atom. The average Bonchev–Trinajstić information content (AvgIpc) is 3.12. The van der Waals surface area contributed by atoms with Crippen molar-refractivity contribution in [3.05, 3.63) is 197 Å². The van der Waals surface area contributed by atoms with Crippen molar-refractivity contribution in [2.45, 2.75) is 19.3 Å². The molecular weight excluding hydrogens is 750 g/mol. The predicted octanol–water partition coefficient (Wildman–Crippen LogP) is 7.24. The number of fused-ring (bicyclic) bond motifs is 2. The summed E-state index contributed by atoms with van der Waals surface area (Å²) in [6, 6.07) is 60.1. The fourth-order valence-electron chi connectivity index (χ4n) is 7.46. The van der Waals surface area contributed by atoms with Gasteiger partial charge >= 0.3 is 21.1 Å². The topological polar surface area (TPSA) is 25.8 Å². The molecule has 0 fully saturated rings. The third kappa shape index (κ3) is 5.11. The number of nitrogens with zero attached hydrogens (tertiary/aromatic N) is 2. The average molecular weight is 782 g/mol. The monoisotopic (exact) mass is 781 g/mol. The summed E-state index contributed by atoms with van der Waals surface area (Å²) in [7, 11) is 0. The molecule has 0 saturated carbocycles. The van der Waals surface area contributed by atoms with E-state index in [0.717, 1.165) is 33.9 Å². The van der Waals surface area contributed by atoms with Gasteiger partial charge in [0.2, 0.25) is 6.71 Å². The molecule has 0 spiro atoms. The van der Waals surface area contributed by atoms with Crippen LogP contribution in [0.2, 0.25) is 0 Å². The summed E-state index contributed by atoms with van der Waals surface area (Å²) >= 11 is 0. The molecule has 0 N–H and O–H groups in total. The van der Waals surface area contributed by atoms with Gasteiger partial charge in [0.1, 0.15) is 5.41 Å². The first-order chi connectivity index (χ1) is 22.7. The minimum Gasteiger partial charge on any atom is -0.300 e. The molecule has 0 saturated heterocycles. The summed E-state index contributed by atoms with van der Waals surface area (Å²) < 4.78 is 0. The smallest absolute Gasteiger partial charge is 0.300 e. The van der Waals surface area contributed by atoms with E-state index in [9.17, 15) is 0 Å². The predicted molar refractivity (Wildman–Crippen MR) is 189 cm³/mol. The molecular formula is C43H31BN2Pt. The third-order valence-corrected chi connectivity index (χ3v) is 9.42. The summed E-state index contributed by atoms with van der Waals surface area (Å²) in [5.41, 5.74) is 13.7. The fraction of sp³-hybridized carbons (Fsp3) is 0.0698. The van der Waals surface area contributed by atoms with Gasteiger partial charge < -0.3 is 0 Å². The van der Waals surface area contributed by atoms with Crippen molar-refractivity contribution in [3.8, 4) is 22.5 Å². The normalized spacial score (nSPS) is 12.9. The number of benzene rings is 5. The molecule has 1 aliphatic heterocycles. The first kappa shape index (κ1) is 30.8. The van der Waals surface area contributed by atoms with Gasteiger partial charge in [0.15, 0.2) is 0 Å². The van der Waals surface area contributed by atoms with Crippen LogP contribution in [0, 0.1) is 26.0 Å². The molecule has 3 heterocycles. The van der Waals surface area contributed by atoms with Crippen molar-refractivity contribution in [2.75, 3.05) is 0 Å². The number of hydrogen-bond acceptors (Lipinski definition) is 2. The zero-order valence-electron chi connectivity index (χ0n) is 26.2. The number of hydrogen-bond donors (Lipinski definition) is 0. The van der Waals surface area contributed by atoms with E-state index >= 15 is 0 Å². The van der Waals surface area contributed by atoms with E-state index in [1.165, 1.54) is 38.6 Å². The molecule has 7 aromatic rings. The van der Waals surface area contributed by atoms with Crippen LogP contribution in [-0.2, 0) is 26.5 Å². The van der Waals surface area contributed by atoms with Crippen LogP contribution in [-0.4, -0.2) is 16.7 Å². The van der Waals surface area contributed by atoms with Crippen molar-refractivity contribution in [3.63, 3.8) is 0 Å². The van der Waals surface area contributed by atoms with Crippen molar-refractivity contribution < 1.29 is 21.1 Å². The Morgan fingerprint density at radius 3 is 1.40 bits per heavy atom. The standard InChI is InChI=1S/C43H31BN2.Pt/c1-30-16-13-17-31(2)42(30)44-36-24-11-9-22-34(36)43(35-23-10-12-25-37(35)44,40-28-14-26-38(45-40)32-18-5-3-6-19-32)41-29-15-27-39(46-41)33-20-7-4-8-21-33;/h3-18,20,22-29H,1-2H3;/q-2;+2. The number of pyridine rings is 2. The van der Waals surface area contributed by atoms with Gasteiger partial charge in [-0.1, -0.05) is 119 Å². The van der Waals surface area contributed by atoms with Crippen LogP contribution < -0.4 is 16.4 Å². The molecule has 0 radical (unpaired) electrons. The summed E-state index contributed by atoms with van der Waals surface area (Å²) in [5, 5.41) is 0. The van der Waals surface area contributed by atoms with Gasteiger partial charge in [0, 0.05) is 0 Å². The summed E-state index contributed by atoms with van der Waals surface area (Å²) in [6.07, 6.45) is 0. The molecule has 2 aromatic heterocycles. The second-order valence-electron chi connectivity index (χ2n) is 12.0. The molecule has 226 valence electrons. The Balaban J connectivity index is 0.00000351. The molecule has 0 amide bonds. The van der Waals surface area contributed by atoms with Gasteiger partial charge in [-0.15, -0.1) is 71.8 Å². The first-order valence-corrected chi connectivity index (χ1v) is 15.8. The van der Waals surface area contributed by atoms with Crippen LogP contribution in [0.15, 0.2) is 152 Å². The van der Waals surface area contributed by atoms with Crippen molar-refractivity contribution >= 4 is 23.1 Å². The van der Waals surface area contributed by atoms with Gasteiger partial charge in [-0.05, 0) is 48.5 Å². The third-order valence-electron chi connectivity index (χ3n) is 9.42. The van der Waals surface area contributed by atoms with E-state index < -0.39 is 5.41 Å².